The molecule has 12 heteroatoms. The van der Waals surface area contributed by atoms with E-state index in [1.54, 1.807) is 45.0 Å². The van der Waals surface area contributed by atoms with Crippen molar-refractivity contribution in [2.24, 2.45) is 0 Å². The Kier molecular flexibility index (Phi) is 6.68. The summed E-state index contributed by atoms with van der Waals surface area (Å²) < 4.78 is 41.2. The highest BCUT2D eigenvalue weighted by molar-refractivity contribution is 6.32. The number of halogens is 4. The first-order chi connectivity index (χ1) is 17.0. The topological polar surface area (TPSA) is 102 Å². The Morgan fingerprint density at radius 2 is 1.81 bits per heavy atom. The summed E-state index contributed by atoms with van der Waals surface area (Å²) in [6.45, 7) is 5.20. The number of benzene rings is 1. The van der Waals surface area contributed by atoms with E-state index in [1.807, 2.05) is 0 Å². The molecule has 0 unspecified atom stereocenters. The third kappa shape index (κ3) is 4.87. The molecule has 0 aliphatic heterocycles. The molecule has 0 saturated heterocycles. The van der Waals surface area contributed by atoms with Crippen LogP contribution in [0.1, 0.15) is 46.1 Å². The third-order valence-corrected chi connectivity index (χ3v) is 5.49. The quantitative estimate of drug-likeness (QED) is 0.380. The second kappa shape index (κ2) is 9.57. The fraction of sp³-hybridized carbons (Fsp3) is 0.208. The first-order valence-corrected chi connectivity index (χ1v) is 11.1. The van der Waals surface area contributed by atoms with Gasteiger partial charge < -0.3 is 10.6 Å². The standard InChI is InChI=1S/C24H20ClF3N6O2/c1-12(2)30-23(36)20-19(13(3)14-7-4-5-9-16(14)31-20)32-22(35)17-11-18(24(26,27)28)33-34(17)21-15(25)8-6-10-29-21/h4-12H,1-3H3,(H,30,36)(H,32,35). The maximum absolute atomic E-state index is 13.5. The molecule has 2 amide bonds. The van der Waals surface area contributed by atoms with Gasteiger partial charge in [0.25, 0.3) is 11.8 Å². The van der Waals surface area contributed by atoms with E-state index in [1.165, 1.54) is 18.3 Å². The summed E-state index contributed by atoms with van der Waals surface area (Å²) in [4.78, 5) is 34.7. The second-order valence-corrected chi connectivity index (χ2v) is 8.60. The molecule has 36 heavy (non-hydrogen) atoms. The van der Waals surface area contributed by atoms with Crippen molar-refractivity contribution in [2.45, 2.75) is 33.0 Å². The lowest BCUT2D eigenvalue weighted by Gasteiger charge is -2.17. The summed E-state index contributed by atoms with van der Waals surface area (Å²) in [5.41, 5.74) is -0.768. The highest BCUT2D eigenvalue weighted by atomic mass is 35.5. The Hall–Kier alpha value is -3.99. The van der Waals surface area contributed by atoms with Crippen LogP contribution in [0, 0.1) is 6.92 Å². The van der Waals surface area contributed by atoms with Crippen LogP contribution in [0.25, 0.3) is 16.7 Å². The Balaban J connectivity index is 1.86. The zero-order valence-electron chi connectivity index (χ0n) is 19.3. The molecule has 0 atom stereocenters. The monoisotopic (exact) mass is 516 g/mol. The minimum absolute atomic E-state index is 0.0103. The van der Waals surface area contributed by atoms with Gasteiger partial charge in [-0.15, -0.1) is 0 Å². The highest BCUT2D eigenvalue weighted by Gasteiger charge is 2.37. The molecule has 3 aromatic heterocycles. The van der Waals surface area contributed by atoms with Crippen LogP contribution in [0.4, 0.5) is 18.9 Å². The molecule has 0 fully saturated rings. The predicted molar refractivity (Wildman–Crippen MR) is 128 cm³/mol. The fourth-order valence-corrected chi connectivity index (χ4v) is 3.78. The molecule has 1 aromatic carbocycles. The van der Waals surface area contributed by atoms with Crippen molar-refractivity contribution >= 4 is 40.0 Å². The fourth-order valence-electron chi connectivity index (χ4n) is 3.58. The van der Waals surface area contributed by atoms with Gasteiger partial charge in [-0.2, -0.15) is 18.3 Å². The summed E-state index contributed by atoms with van der Waals surface area (Å²) in [5.74, 6) is -1.67. The smallest absolute Gasteiger partial charge is 0.348 e. The number of alkyl halides is 3. The zero-order valence-corrected chi connectivity index (χ0v) is 20.1. The number of hydrogen-bond donors (Lipinski definition) is 2. The average molecular weight is 517 g/mol. The summed E-state index contributed by atoms with van der Waals surface area (Å²) in [6, 6.07) is 10.3. The van der Waals surface area contributed by atoms with Gasteiger partial charge in [0.15, 0.2) is 17.2 Å². The van der Waals surface area contributed by atoms with Crippen LogP contribution in [0.5, 0.6) is 0 Å². The Bertz CT molecular complexity index is 1480. The number of fused-ring (bicyclic) bond motifs is 1. The molecule has 3 heterocycles. The summed E-state index contributed by atoms with van der Waals surface area (Å²) >= 11 is 6.13. The molecule has 0 aliphatic carbocycles. The summed E-state index contributed by atoms with van der Waals surface area (Å²) in [5, 5.41) is 9.48. The van der Waals surface area contributed by atoms with E-state index in [9.17, 15) is 22.8 Å². The molecule has 0 bridgehead atoms. The first kappa shape index (κ1) is 25.1. The number of hydrogen-bond acceptors (Lipinski definition) is 5. The summed E-state index contributed by atoms with van der Waals surface area (Å²) in [6.07, 6.45) is -3.52. The lowest BCUT2D eigenvalue weighted by atomic mass is 10.1. The molecular weight excluding hydrogens is 497 g/mol. The van der Waals surface area contributed by atoms with Gasteiger partial charge in [-0.3, -0.25) is 9.59 Å². The molecule has 8 nitrogen and oxygen atoms in total. The number of aromatic nitrogens is 4. The average Bonchev–Trinajstić information content (AvgIpc) is 3.26. The number of pyridine rings is 2. The van der Waals surface area contributed by atoms with E-state index in [0.717, 1.165) is 4.68 Å². The second-order valence-electron chi connectivity index (χ2n) is 8.19. The van der Waals surface area contributed by atoms with Crippen molar-refractivity contribution in [3.05, 3.63) is 76.3 Å². The van der Waals surface area contributed by atoms with Crippen LogP contribution in [-0.2, 0) is 6.18 Å². The van der Waals surface area contributed by atoms with E-state index in [0.29, 0.717) is 22.5 Å². The van der Waals surface area contributed by atoms with Gasteiger partial charge in [-0.05, 0) is 44.5 Å². The van der Waals surface area contributed by atoms with Gasteiger partial charge in [0, 0.05) is 23.7 Å². The van der Waals surface area contributed by atoms with Gasteiger partial charge in [-0.1, -0.05) is 29.8 Å². The molecule has 0 aliphatic rings. The lowest BCUT2D eigenvalue weighted by Crippen LogP contribution is -2.32. The SMILES string of the molecule is Cc1c(NC(=O)c2cc(C(F)(F)F)nn2-c2ncccc2Cl)c(C(=O)NC(C)C)nc2ccccc12. The lowest BCUT2D eigenvalue weighted by molar-refractivity contribution is -0.141. The Morgan fingerprint density at radius 1 is 1.08 bits per heavy atom. The van der Waals surface area contributed by atoms with E-state index in [-0.39, 0.29) is 28.3 Å². The minimum Gasteiger partial charge on any atom is -0.348 e. The van der Waals surface area contributed by atoms with Crippen molar-refractivity contribution in [1.82, 2.24) is 25.1 Å². The Labute approximate surface area is 208 Å². The van der Waals surface area contributed by atoms with Crippen LogP contribution >= 0.6 is 11.6 Å². The van der Waals surface area contributed by atoms with Crippen molar-refractivity contribution in [3.8, 4) is 5.82 Å². The molecule has 4 aromatic rings. The maximum Gasteiger partial charge on any atom is 0.435 e. The largest absolute Gasteiger partial charge is 0.435 e. The van der Waals surface area contributed by atoms with Gasteiger partial charge in [0.1, 0.15) is 5.69 Å². The maximum atomic E-state index is 13.5. The number of anilines is 1. The summed E-state index contributed by atoms with van der Waals surface area (Å²) in [7, 11) is 0. The van der Waals surface area contributed by atoms with E-state index < -0.39 is 29.4 Å². The van der Waals surface area contributed by atoms with Crippen LogP contribution in [0.3, 0.4) is 0 Å². The zero-order chi connectivity index (χ0) is 26.2. The molecule has 0 radical (unpaired) electrons. The number of nitrogens with zero attached hydrogens (tertiary/aromatic N) is 4. The molecule has 4 rings (SSSR count). The van der Waals surface area contributed by atoms with Crippen molar-refractivity contribution in [1.29, 1.82) is 0 Å². The van der Waals surface area contributed by atoms with E-state index in [4.69, 9.17) is 11.6 Å². The van der Waals surface area contributed by atoms with Crippen molar-refractivity contribution < 1.29 is 22.8 Å². The normalized spacial score (nSPS) is 11.7. The van der Waals surface area contributed by atoms with Crippen LogP contribution < -0.4 is 10.6 Å². The van der Waals surface area contributed by atoms with Crippen molar-refractivity contribution in [3.63, 3.8) is 0 Å². The molecule has 2 N–H and O–H groups in total. The number of amides is 2. The third-order valence-electron chi connectivity index (χ3n) is 5.20. The predicted octanol–water partition coefficient (Wildman–Crippen LogP) is 5.19. The van der Waals surface area contributed by atoms with Crippen LogP contribution in [-0.4, -0.2) is 37.6 Å². The highest BCUT2D eigenvalue weighted by Crippen LogP contribution is 2.32. The molecule has 186 valence electrons. The Morgan fingerprint density at radius 3 is 2.47 bits per heavy atom. The first-order valence-electron chi connectivity index (χ1n) is 10.8. The number of para-hydroxylation sites is 1. The van der Waals surface area contributed by atoms with Crippen LogP contribution in [0.2, 0.25) is 5.02 Å². The molecule has 0 spiro atoms. The van der Waals surface area contributed by atoms with Gasteiger partial charge >= 0.3 is 6.18 Å². The minimum atomic E-state index is -4.83. The van der Waals surface area contributed by atoms with E-state index in [2.05, 4.69) is 25.7 Å². The van der Waals surface area contributed by atoms with Gasteiger partial charge in [0.2, 0.25) is 0 Å². The van der Waals surface area contributed by atoms with Gasteiger partial charge in [0.05, 0.1) is 16.2 Å². The number of aryl methyl sites for hydroxylation is 1. The van der Waals surface area contributed by atoms with Crippen molar-refractivity contribution in [2.75, 3.05) is 5.32 Å². The van der Waals surface area contributed by atoms with Crippen LogP contribution in [0.15, 0.2) is 48.7 Å². The number of nitrogens with one attached hydrogen (secondary N) is 2. The molecule has 0 saturated carbocycles. The molecular formula is C24H20ClF3N6O2. The number of rotatable bonds is 5. The van der Waals surface area contributed by atoms with Gasteiger partial charge in [-0.25, -0.2) is 14.6 Å². The number of carbonyl (C=O) groups is 2. The van der Waals surface area contributed by atoms with E-state index >= 15 is 0 Å². The number of carbonyl (C=O) groups excluding carboxylic acids is 2.